The summed E-state index contributed by atoms with van der Waals surface area (Å²) in [6.07, 6.45) is 3.17. The summed E-state index contributed by atoms with van der Waals surface area (Å²) >= 11 is 0. The van der Waals surface area contributed by atoms with Crippen molar-refractivity contribution in [3.8, 4) is 0 Å². The van der Waals surface area contributed by atoms with Gasteiger partial charge in [-0.25, -0.2) is 4.57 Å². The van der Waals surface area contributed by atoms with Gasteiger partial charge in [0.1, 0.15) is 0 Å². The monoisotopic (exact) mass is 352 g/mol. The second kappa shape index (κ2) is 8.89. The van der Waals surface area contributed by atoms with Crippen molar-refractivity contribution >= 4 is 24.6 Å². The molecular formula is C16H21N2O5P. The van der Waals surface area contributed by atoms with Gasteiger partial charge in [-0.05, 0) is 30.5 Å². The van der Waals surface area contributed by atoms with Crippen molar-refractivity contribution in [2.45, 2.75) is 19.3 Å². The van der Waals surface area contributed by atoms with Crippen molar-refractivity contribution in [1.29, 1.82) is 0 Å². The lowest BCUT2D eigenvalue weighted by Crippen LogP contribution is -2.26. The zero-order valence-corrected chi connectivity index (χ0v) is 14.4. The smallest absolute Gasteiger partial charge is 0.356 e. The van der Waals surface area contributed by atoms with Crippen LogP contribution in [0.1, 0.15) is 18.4 Å². The van der Waals surface area contributed by atoms with Gasteiger partial charge < -0.3 is 10.2 Å². The molecule has 0 saturated carbocycles. The number of rotatable bonds is 9. The summed E-state index contributed by atoms with van der Waals surface area (Å²) in [5.41, 5.74) is 1.76. The number of phosphoric acid groups is 1. The number of fused-ring (bicyclic) bond motifs is 1. The zero-order valence-electron chi connectivity index (χ0n) is 13.5. The van der Waals surface area contributed by atoms with E-state index in [9.17, 15) is 9.36 Å². The van der Waals surface area contributed by atoms with E-state index in [-0.39, 0.29) is 18.9 Å². The van der Waals surface area contributed by atoms with E-state index in [0.29, 0.717) is 19.4 Å². The zero-order chi connectivity index (χ0) is 17.4. The standard InChI is InChI=1S/C16H21N2O5P/c1-22-24(20,21)23-9-5-4-8-17-16(19)11-13-10-14-6-2-3-7-15(14)18-12-13/h2-3,6-7,10,12H,4-5,8-9,11H2,1H3,(H,17,19)(H,20,21). The summed E-state index contributed by atoms with van der Waals surface area (Å²) in [5, 5.41) is 3.81. The van der Waals surface area contributed by atoms with Crippen LogP contribution in [0.5, 0.6) is 0 Å². The Hall–Kier alpha value is -1.79. The second-order valence-corrected chi connectivity index (χ2v) is 6.81. The van der Waals surface area contributed by atoms with Crippen LogP contribution >= 0.6 is 7.82 Å². The third-order valence-corrected chi connectivity index (χ3v) is 4.36. The van der Waals surface area contributed by atoms with E-state index in [1.165, 1.54) is 0 Å². The molecule has 1 unspecified atom stereocenters. The predicted molar refractivity (Wildman–Crippen MR) is 90.5 cm³/mol. The Bertz CT molecular complexity index is 737. The number of nitrogens with zero attached hydrogens (tertiary/aromatic N) is 1. The van der Waals surface area contributed by atoms with Crippen LogP contribution in [0.25, 0.3) is 10.9 Å². The topological polar surface area (TPSA) is 97.8 Å². The molecule has 0 aliphatic rings. The fourth-order valence-electron chi connectivity index (χ4n) is 2.15. The van der Waals surface area contributed by atoms with E-state index in [0.717, 1.165) is 23.6 Å². The third-order valence-electron chi connectivity index (χ3n) is 3.39. The van der Waals surface area contributed by atoms with Crippen LogP contribution in [0.15, 0.2) is 36.5 Å². The Morgan fingerprint density at radius 3 is 2.92 bits per heavy atom. The number of aromatic nitrogens is 1. The lowest BCUT2D eigenvalue weighted by Gasteiger charge is -2.09. The van der Waals surface area contributed by atoms with Gasteiger partial charge in [0, 0.05) is 25.2 Å². The van der Waals surface area contributed by atoms with Gasteiger partial charge >= 0.3 is 7.82 Å². The molecule has 0 saturated heterocycles. The maximum absolute atomic E-state index is 11.9. The van der Waals surface area contributed by atoms with Crippen LogP contribution in [-0.2, 0) is 24.8 Å². The highest BCUT2D eigenvalue weighted by molar-refractivity contribution is 7.47. The van der Waals surface area contributed by atoms with Gasteiger partial charge in [-0.2, -0.15) is 0 Å². The summed E-state index contributed by atoms with van der Waals surface area (Å²) in [7, 11) is -2.79. The maximum Gasteiger partial charge on any atom is 0.471 e. The molecule has 24 heavy (non-hydrogen) atoms. The Morgan fingerprint density at radius 1 is 1.33 bits per heavy atom. The Morgan fingerprint density at radius 2 is 2.12 bits per heavy atom. The van der Waals surface area contributed by atoms with Gasteiger partial charge in [-0.15, -0.1) is 0 Å². The maximum atomic E-state index is 11.9. The molecule has 2 rings (SSSR count). The van der Waals surface area contributed by atoms with E-state index in [1.54, 1.807) is 6.20 Å². The van der Waals surface area contributed by atoms with Crippen molar-refractivity contribution in [3.05, 3.63) is 42.1 Å². The SMILES string of the molecule is COP(=O)(O)OCCCCNC(=O)Cc1cnc2ccccc2c1. The molecular weight excluding hydrogens is 331 g/mol. The van der Waals surface area contributed by atoms with Gasteiger partial charge in [0.25, 0.3) is 0 Å². The van der Waals surface area contributed by atoms with Gasteiger partial charge in [0.05, 0.1) is 18.5 Å². The fourth-order valence-corrected chi connectivity index (χ4v) is 2.61. The van der Waals surface area contributed by atoms with Crippen molar-refractivity contribution in [3.63, 3.8) is 0 Å². The average molecular weight is 352 g/mol. The molecule has 8 heteroatoms. The number of para-hydroxylation sites is 1. The Balaban J connectivity index is 1.68. The molecule has 1 atom stereocenters. The number of carbonyl (C=O) groups excluding carboxylic acids is 1. The number of unbranched alkanes of at least 4 members (excludes halogenated alkanes) is 1. The molecule has 0 aliphatic carbocycles. The molecule has 0 fully saturated rings. The molecule has 0 radical (unpaired) electrons. The predicted octanol–water partition coefficient (Wildman–Crippen LogP) is 2.44. The van der Waals surface area contributed by atoms with Crippen LogP contribution in [0, 0.1) is 0 Å². The molecule has 0 spiro atoms. The van der Waals surface area contributed by atoms with E-state index < -0.39 is 7.82 Å². The van der Waals surface area contributed by atoms with Gasteiger partial charge in [-0.3, -0.25) is 18.8 Å². The van der Waals surface area contributed by atoms with Crippen molar-refractivity contribution in [2.24, 2.45) is 0 Å². The van der Waals surface area contributed by atoms with E-state index in [2.05, 4.69) is 14.8 Å². The van der Waals surface area contributed by atoms with E-state index in [4.69, 9.17) is 9.42 Å². The largest absolute Gasteiger partial charge is 0.471 e. The minimum Gasteiger partial charge on any atom is -0.356 e. The number of phosphoric ester groups is 1. The summed E-state index contributed by atoms with van der Waals surface area (Å²) in [6, 6.07) is 9.71. The molecule has 1 aromatic carbocycles. The van der Waals surface area contributed by atoms with E-state index in [1.807, 2.05) is 30.3 Å². The number of pyridine rings is 1. The first kappa shape index (κ1) is 18.5. The molecule has 2 aromatic rings. The molecule has 130 valence electrons. The van der Waals surface area contributed by atoms with Gasteiger partial charge in [0.15, 0.2) is 0 Å². The number of benzene rings is 1. The molecule has 1 amide bonds. The van der Waals surface area contributed by atoms with Crippen molar-refractivity contribution in [1.82, 2.24) is 10.3 Å². The first-order valence-electron chi connectivity index (χ1n) is 7.63. The van der Waals surface area contributed by atoms with Crippen molar-refractivity contribution < 1.29 is 23.3 Å². The molecule has 0 aliphatic heterocycles. The van der Waals surface area contributed by atoms with Crippen molar-refractivity contribution in [2.75, 3.05) is 20.3 Å². The summed E-state index contributed by atoms with van der Waals surface area (Å²) < 4.78 is 20.0. The summed E-state index contributed by atoms with van der Waals surface area (Å²) in [6.45, 7) is 0.581. The van der Waals surface area contributed by atoms with Crippen LogP contribution in [0.3, 0.4) is 0 Å². The number of amides is 1. The minimum absolute atomic E-state index is 0.0854. The molecule has 2 N–H and O–H groups in total. The highest BCUT2D eigenvalue weighted by Gasteiger charge is 2.17. The highest BCUT2D eigenvalue weighted by Crippen LogP contribution is 2.41. The molecule has 1 aromatic heterocycles. The van der Waals surface area contributed by atoms with Gasteiger partial charge in [0.2, 0.25) is 5.91 Å². The van der Waals surface area contributed by atoms with Crippen LogP contribution in [0.2, 0.25) is 0 Å². The third kappa shape index (κ3) is 6.02. The first-order chi connectivity index (χ1) is 11.5. The number of hydrogen-bond acceptors (Lipinski definition) is 5. The van der Waals surface area contributed by atoms with Crippen LogP contribution in [-0.4, -0.2) is 36.0 Å². The van der Waals surface area contributed by atoms with Gasteiger partial charge in [-0.1, -0.05) is 18.2 Å². The average Bonchev–Trinajstić information content (AvgIpc) is 2.58. The lowest BCUT2D eigenvalue weighted by molar-refractivity contribution is -0.120. The Kier molecular flexibility index (Phi) is 6.87. The quantitative estimate of drug-likeness (QED) is 0.531. The highest BCUT2D eigenvalue weighted by atomic mass is 31.2. The number of hydrogen-bond donors (Lipinski definition) is 2. The fraction of sp³-hybridized carbons (Fsp3) is 0.375. The summed E-state index contributed by atoms with van der Waals surface area (Å²) in [5.74, 6) is -0.0854. The minimum atomic E-state index is -3.90. The number of nitrogens with one attached hydrogen (secondary N) is 1. The van der Waals surface area contributed by atoms with E-state index >= 15 is 0 Å². The molecule has 1 heterocycles. The molecule has 7 nitrogen and oxygen atoms in total. The van der Waals surface area contributed by atoms with Crippen LogP contribution in [0.4, 0.5) is 0 Å². The molecule has 0 bridgehead atoms. The lowest BCUT2D eigenvalue weighted by atomic mass is 10.1. The summed E-state index contributed by atoms with van der Waals surface area (Å²) in [4.78, 5) is 25.3. The van der Waals surface area contributed by atoms with Crippen LogP contribution < -0.4 is 5.32 Å². The number of carbonyl (C=O) groups is 1. The second-order valence-electron chi connectivity index (χ2n) is 5.25. The Labute approximate surface area is 140 Å². The normalized spacial score (nSPS) is 13.6. The first-order valence-corrected chi connectivity index (χ1v) is 9.13.